The van der Waals surface area contributed by atoms with Crippen LogP contribution in [-0.2, 0) is 20.6 Å². The molecule has 2 heterocycles. The molecule has 0 radical (unpaired) electrons. The molecule has 2 aromatic rings. The Labute approximate surface area is 132 Å². The monoisotopic (exact) mass is 325 g/mol. The summed E-state index contributed by atoms with van der Waals surface area (Å²) in [6.07, 6.45) is 1.44. The highest BCUT2D eigenvalue weighted by Gasteiger charge is 2.16. The van der Waals surface area contributed by atoms with Crippen LogP contribution in [-0.4, -0.2) is 54.2 Å². The molecule has 0 aromatic carbocycles. The van der Waals surface area contributed by atoms with E-state index in [4.69, 9.17) is 5.11 Å². The van der Waals surface area contributed by atoms with Gasteiger partial charge in [-0.15, -0.1) is 0 Å². The van der Waals surface area contributed by atoms with Crippen molar-refractivity contribution in [1.82, 2.24) is 24.0 Å². The van der Waals surface area contributed by atoms with Crippen LogP contribution in [0.1, 0.15) is 13.3 Å². The predicted molar refractivity (Wildman–Crippen MR) is 85.4 cm³/mol. The molecule has 9 nitrogen and oxygen atoms in total. The Hall–Kier alpha value is -1.97. The van der Waals surface area contributed by atoms with Crippen LogP contribution in [0.5, 0.6) is 0 Å². The summed E-state index contributed by atoms with van der Waals surface area (Å²) in [5.74, 6) is 0. The summed E-state index contributed by atoms with van der Waals surface area (Å²) in [4.78, 5) is 28.3. The van der Waals surface area contributed by atoms with Crippen molar-refractivity contribution in [3.05, 3.63) is 27.2 Å². The van der Waals surface area contributed by atoms with E-state index in [-0.39, 0.29) is 31.3 Å². The Morgan fingerprint density at radius 1 is 1.30 bits per heavy atom. The average molecular weight is 325 g/mol. The van der Waals surface area contributed by atoms with E-state index in [0.717, 1.165) is 11.0 Å². The van der Waals surface area contributed by atoms with Crippen LogP contribution in [0, 0.1) is 0 Å². The van der Waals surface area contributed by atoms with Gasteiger partial charge in [0.2, 0.25) is 0 Å². The predicted octanol–water partition coefficient (Wildman–Crippen LogP) is -1.84. The number of aliphatic hydroxyl groups is 2. The Kier molecular flexibility index (Phi) is 5.34. The molecule has 0 aliphatic heterocycles. The summed E-state index contributed by atoms with van der Waals surface area (Å²) in [5.41, 5.74) is -0.311. The van der Waals surface area contributed by atoms with Crippen LogP contribution in [0.3, 0.4) is 0 Å². The number of nitrogens with one attached hydrogen (secondary N) is 1. The Morgan fingerprint density at radius 2 is 2.00 bits per heavy atom. The number of rotatable bonds is 7. The van der Waals surface area contributed by atoms with Gasteiger partial charge in [-0.05, 0) is 6.42 Å². The van der Waals surface area contributed by atoms with E-state index in [0.29, 0.717) is 5.65 Å². The smallest absolute Gasteiger partial charge is 0.332 e. The third-order valence-corrected chi connectivity index (χ3v) is 3.98. The third-order valence-electron chi connectivity index (χ3n) is 3.98. The van der Waals surface area contributed by atoms with Gasteiger partial charge in [0.1, 0.15) is 0 Å². The maximum absolute atomic E-state index is 12.3. The Balaban J connectivity index is 2.25. The summed E-state index contributed by atoms with van der Waals surface area (Å²) >= 11 is 0. The number of fused-ring (bicyclic) bond motifs is 1. The van der Waals surface area contributed by atoms with Gasteiger partial charge in [0, 0.05) is 26.7 Å². The van der Waals surface area contributed by atoms with Crippen LogP contribution in [0.4, 0.5) is 0 Å². The zero-order chi connectivity index (χ0) is 17.1. The molecule has 0 unspecified atom stereocenters. The molecule has 23 heavy (non-hydrogen) atoms. The zero-order valence-corrected chi connectivity index (χ0v) is 13.6. The van der Waals surface area contributed by atoms with Crippen molar-refractivity contribution < 1.29 is 10.2 Å². The van der Waals surface area contributed by atoms with Crippen LogP contribution < -0.4 is 16.6 Å². The first-order valence-electron chi connectivity index (χ1n) is 7.53. The fraction of sp³-hybridized carbons (Fsp3) is 0.643. The minimum atomic E-state index is -0.755. The summed E-state index contributed by atoms with van der Waals surface area (Å²) in [7, 11) is 2.96. The van der Waals surface area contributed by atoms with Gasteiger partial charge in [-0.2, -0.15) is 0 Å². The van der Waals surface area contributed by atoms with Crippen molar-refractivity contribution in [2.75, 3.05) is 13.2 Å². The minimum Gasteiger partial charge on any atom is -0.395 e. The molecule has 0 aliphatic rings. The number of aromatic nitrogens is 4. The van der Waals surface area contributed by atoms with E-state index < -0.39 is 17.4 Å². The van der Waals surface area contributed by atoms with Crippen molar-refractivity contribution in [2.24, 2.45) is 14.1 Å². The lowest BCUT2D eigenvalue weighted by Crippen LogP contribution is -2.40. The van der Waals surface area contributed by atoms with E-state index in [2.05, 4.69) is 10.3 Å². The molecule has 0 bridgehead atoms. The maximum atomic E-state index is 12.3. The van der Waals surface area contributed by atoms with Crippen molar-refractivity contribution >= 4 is 11.2 Å². The number of hydrogen-bond acceptors (Lipinski definition) is 6. The highest BCUT2D eigenvalue weighted by atomic mass is 16.3. The second-order valence-corrected chi connectivity index (χ2v) is 5.62. The molecule has 2 aromatic heterocycles. The van der Waals surface area contributed by atoms with E-state index in [1.165, 1.54) is 17.9 Å². The lowest BCUT2D eigenvalue weighted by molar-refractivity contribution is 0.140. The lowest BCUT2D eigenvalue weighted by atomic mass is 10.2. The number of hydrogen-bond donors (Lipinski definition) is 3. The molecule has 9 heteroatoms. The molecular weight excluding hydrogens is 302 g/mol. The average Bonchev–Trinajstić information content (AvgIpc) is 2.95. The number of aryl methyl sites for hydroxylation is 1. The first kappa shape index (κ1) is 17.4. The molecule has 0 fully saturated rings. The number of nitrogens with zero attached hydrogens (tertiary/aromatic N) is 4. The topological polar surface area (TPSA) is 114 Å². The van der Waals surface area contributed by atoms with E-state index in [9.17, 15) is 14.7 Å². The van der Waals surface area contributed by atoms with Gasteiger partial charge in [0.05, 0.1) is 25.6 Å². The van der Waals surface area contributed by atoms with Crippen LogP contribution >= 0.6 is 0 Å². The van der Waals surface area contributed by atoms with Gasteiger partial charge in [-0.3, -0.25) is 13.9 Å². The first-order chi connectivity index (χ1) is 10.9. The molecular formula is C14H23N5O4. The fourth-order valence-corrected chi connectivity index (χ4v) is 2.47. The second kappa shape index (κ2) is 7.07. The molecule has 2 rings (SSSR count). The molecule has 0 aliphatic carbocycles. The Morgan fingerprint density at radius 3 is 2.61 bits per heavy atom. The van der Waals surface area contributed by atoms with Gasteiger partial charge in [0.15, 0.2) is 11.2 Å². The van der Waals surface area contributed by atoms with Crippen LogP contribution in [0.25, 0.3) is 11.2 Å². The highest BCUT2D eigenvalue weighted by Crippen LogP contribution is 2.06. The largest absolute Gasteiger partial charge is 0.395 e. The van der Waals surface area contributed by atoms with E-state index >= 15 is 0 Å². The normalized spacial score (nSPS) is 14.3. The van der Waals surface area contributed by atoms with Crippen molar-refractivity contribution in [1.29, 1.82) is 0 Å². The van der Waals surface area contributed by atoms with E-state index in [1.807, 2.05) is 6.92 Å². The van der Waals surface area contributed by atoms with Crippen molar-refractivity contribution in [3.8, 4) is 0 Å². The molecule has 0 amide bonds. The standard InChI is InChI=1S/C14H23N5O4/c1-4-9(7-20)15-5-10(21)6-19-8-16-12-11(19)13(22)18(3)14(23)17(12)2/h8-10,15,20-21H,4-7H2,1-3H3/t9-,10-/m1/s1. The van der Waals surface area contributed by atoms with Gasteiger partial charge < -0.3 is 20.1 Å². The molecule has 0 saturated carbocycles. The second-order valence-electron chi connectivity index (χ2n) is 5.62. The first-order valence-corrected chi connectivity index (χ1v) is 7.53. The molecule has 0 saturated heterocycles. The molecule has 0 spiro atoms. The van der Waals surface area contributed by atoms with Gasteiger partial charge in [0.25, 0.3) is 5.56 Å². The maximum Gasteiger partial charge on any atom is 0.332 e. The van der Waals surface area contributed by atoms with Gasteiger partial charge in [-0.1, -0.05) is 6.92 Å². The minimum absolute atomic E-state index is 0.000119. The molecule has 2 atom stereocenters. The fourth-order valence-electron chi connectivity index (χ4n) is 2.47. The lowest BCUT2D eigenvalue weighted by Gasteiger charge is -2.18. The van der Waals surface area contributed by atoms with Gasteiger partial charge in [-0.25, -0.2) is 9.78 Å². The highest BCUT2D eigenvalue weighted by molar-refractivity contribution is 5.69. The molecule has 128 valence electrons. The van der Waals surface area contributed by atoms with Crippen LogP contribution in [0.15, 0.2) is 15.9 Å². The quantitative estimate of drug-likeness (QED) is 0.551. The number of imidazole rings is 1. The van der Waals surface area contributed by atoms with E-state index in [1.54, 1.807) is 11.6 Å². The SMILES string of the molecule is CC[C@H](CO)NC[C@@H](O)Cn1cnc2c1c(=O)n(C)c(=O)n2C. The number of aliphatic hydroxyl groups excluding tert-OH is 2. The summed E-state index contributed by atoms with van der Waals surface area (Å²) in [5, 5.41) is 22.3. The Bertz CT molecular complexity index is 787. The third kappa shape index (κ3) is 3.36. The zero-order valence-electron chi connectivity index (χ0n) is 13.6. The van der Waals surface area contributed by atoms with Crippen LogP contribution in [0.2, 0.25) is 0 Å². The van der Waals surface area contributed by atoms with Crippen molar-refractivity contribution in [2.45, 2.75) is 32.0 Å². The molecule has 3 N–H and O–H groups in total. The summed E-state index contributed by atoms with van der Waals surface area (Å²) in [6.45, 7) is 2.39. The van der Waals surface area contributed by atoms with Gasteiger partial charge >= 0.3 is 5.69 Å². The summed E-state index contributed by atoms with van der Waals surface area (Å²) < 4.78 is 3.87. The van der Waals surface area contributed by atoms with Crippen molar-refractivity contribution in [3.63, 3.8) is 0 Å². The summed E-state index contributed by atoms with van der Waals surface area (Å²) in [6, 6.07) is -0.0714.